The zero-order valence-corrected chi connectivity index (χ0v) is 8.03. The normalized spacial score (nSPS) is 12.1. The molecule has 0 aliphatic carbocycles. The summed E-state index contributed by atoms with van der Waals surface area (Å²) >= 11 is 0. The van der Waals surface area contributed by atoms with Crippen molar-refractivity contribution in [1.29, 1.82) is 0 Å². The van der Waals surface area contributed by atoms with Crippen LogP contribution in [0.1, 0.15) is 23.9 Å². The summed E-state index contributed by atoms with van der Waals surface area (Å²) < 4.78 is 4.94. The molecule has 1 aromatic heterocycles. The van der Waals surface area contributed by atoms with Crippen LogP contribution in [0.3, 0.4) is 0 Å². The third kappa shape index (κ3) is 2.19. The maximum absolute atomic E-state index is 11.7. The van der Waals surface area contributed by atoms with Crippen molar-refractivity contribution >= 4 is 11.6 Å². The van der Waals surface area contributed by atoms with E-state index in [1.807, 2.05) is 0 Å². The number of carbonyl (C=O) groups is 2. The van der Waals surface area contributed by atoms with Crippen molar-refractivity contribution < 1.29 is 14.0 Å². The molecular weight excluding hydrogens is 180 g/mol. The number of rotatable bonds is 5. The van der Waals surface area contributed by atoms with Gasteiger partial charge in [-0.15, -0.1) is 6.58 Å². The number of ketones is 2. The van der Waals surface area contributed by atoms with E-state index in [-0.39, 0.29) is 17.3 Å². The molecule has 0 bridgehead atoms. The molecule has 0 N–H and O–H groups in total. The van der Waals surface area contributed by atoms with Crippen LogP contribution in [-0.2, 0) is 4.79 Å². The molecule has 0 spiro atoms. The van der Waals surface area contributed by atoms with Crippen LogP contribution in [0.4, 0.5) is 0 Å². The first kappa shape index (κ1) is 10.4. The SMILES string of the molecule is C=CCC(C(C)=O)C(=O)c1ccco1. The Bertz CT molecular complexity index is 335. The molecule has 0 amide bonds. The van der Waals surface area contributed by atoms with Gasteiger partial charge in [0.15, 0.2) is 5.76 Å². The minimum atomic E-state index is -0.654. The quantitative estimate of drug-likeness (QED) is 0.408. The lowest BCUT2D eigenvalue weighted by Crippen LogP contribution is -2.21. The lowest BCUT2D eigenvalue weighted by atomic mass is 9.95. The second kappa shape index (κ2) is 4.56. The van der Waals surface area contributed by atoms with Crippen molar-refractivity contribution in [2.24, 2.45) is 5.92 Å². The van der Waals surface area contributed by atoms with Crippen molar-refractivity contribution in [3.63, 3.8) is 0 Å². The number of furan rings is 1. The largest absolute Gasteiger partial charge is 0.461 e. The number of hydrogen-bond donors (Lipinski definition) is 0. The Balaban J connectivity index is 2.84. The fourth-order valence-electron chi connectivity index (χ4n) is 1.21. The molecule has 14 heavy (non-hydrogen) atoms. The molecule has 1 rings (SSSR count). The van der Waals surface area contributed by atoms with Crippen molar-refractivity contribution in [1.82, 2.24) is 0 Å². The van der Waals surface area contributed by atoms with Crippen LogP contribution in [0.5, 0.6) is 0 Å². The fraction of sp³-hybridized carbons (Fsp3) is 0.273. The highest BCUT2D eigenvalue weighted by molar-refractivity contribution is 6.08. The van der Waals surface area contributed by atoms with Gasteiger partial charge in [0, 0.05) is 0 Å². The molecule has 1 aromatic rings. The minimum Gasteiger partial charge on any atom is -0.461 e. The standard InChI is InChI=1S/C11H12O3/c1-3-5-9(8(2)12)11(13)10-6-4-7-14-10/h3-4,6-7,9H,1,5H2,2H3. The average molecular weight is 192 g/mol. The molecule has 0 aliphatic heterocycles. The first-order valence-corrected chi connectivity index (χ1v) is 4.36. The van der Waals surface area contributed by atoms with Crippen LogP contribution in [0.15, 0.2) is 35.5 Å². The molecule has 0 radical (unpaired) electrons. The van der Waals surface area contributed by atoms with E-state index in [1.165, 1.54) is 13.2 Å². The number of Topliss-reactive ketones (excluding diaryl/α,β-unsaturated/α-hetero) is 2. The monoisotopic (exact) mass is 192 g/mol. The lowest BCUT2D eigenvalue weighted by Gasteiger charge is -2.07. The molecule has 0 saturated heterocycles. The van der Waals surface area contributed by atoms with Gasteiger partial charge in [0.05, 0.1) is 12.2 Å². The third-order valence-corrected chi connectivity index (χ3v) is 1.97. The smallest absolute Gasteiger partial charge is 0.208 e. The van der Waals surface area contributed by atoms with Gasteiger partial charge in [-0.1, -0.05) is 6.08 Å². The summed E-state index contributed by atoms with van der Waals surface area (Å²) in [4.78, 5) is 22.8. The molecule has 0 saturated carbocycles. The molecular formula is C11H12O3. The Labute approximate surface area is 82.4 Å². The summed E-state index contributed by atoms with van der Waals surface area (Å²) in [6.07, 6.45) is 3.33. The van der Waals surface area contributed by atoms with E-state index >= 15 is 0 Å². The van der Waals surface area contributed by atoms with Gasteiger partial charge in [0.25, 0.3) is 0 Å². The summed E-state index contributed by atoms with van der Waals surface area (Å²) in [6.45, 7) is 4.91. The van der Waals surface area contributed by atoms with Crippen LogP contribution < -0.4 is 0 Å². The fourth-order valence-corrected chi connectivity index (χ4v) is 1.21. The van der Waals surface area contributed by atoms with Crippen LogP contribution in [0.2, 0.25) is 0 Å². The zero-order chi connectivity index (χ0) is 10.6. The molecule has 1 unspecified atom stereocenters. The van der Waals surface area contributed by atoms with Gasteiger partial charge in [0.1, 0.15) is 5.78 Å². The predicted molar refractivity (Wildman–Crippen MR) is 52.0 cm³/mol. The highest BCUT2D eigenvalue weighted by atomic mass is 16.3. The van der Waals surface area contributed by atoms with Gasteiger partial charge in [-0.25, -0.2) is 0 Å². The van der Waals surface area contributed by atoms with E-state index < -0.39 is 5.92 Å². The highest BCUT2D eigenvalue weighted by Gasteiger charge is 2.24. The number of allylic oxidation sites excluding steroid dienone is 1. The topological polar surface area (TPSA) is 47.3 Å². The zero-order valence-electron chi connectivity index (χ0n) is 8.03. The molecule has 3 nitrogen and oxygen atoms in total. The molecule has 0 fully saturated rings. The van der Waals surface area contributed by atoms with E-state index in [2.05, 4.69) is 6.58 Å². The summed E-state index contributed by atoms with van der Waals surface area (Å²) in [5, 5.41) is 0. The van der Waals surface area contributed by atoms with Gasteiger partial charge in [-0.2, -0.15) is 0 Å². The van der Waals surface area contributed by atoms with Crippen LogP contribution in [0, 0.1) is 5.92 Å². The van der Waals surface area contributed by atoms with E-state index in [0.29, 0.717) is 6.42 Å². The summed E-state index contributed by atoms with van der Waals surface area (Å²) in [7, 11) is 0. The van der Waals surface area contributed by atoms with Crippen LogP contribution in [0.25, 0.3) is 0 Å². The summed E-state index contributed by atoms with van der Waals surface area (Å²) in [6, 6.07) is 3.18. The molecule has 1 atom stereocenters. The van der Waals surface area contributed by atoms with Crippen molar-refractivity contribution in [2.45, 2.75) is 13.3 Å². The second-order valence-electron chi connectivity index (χ2n) is 3.03. The minimum absolute atomic E-state index is 0.161. The molecule has 0 aliphatic rings. The van der Waals surface area contributed by atoms with Crippen molar-refractivity contribution in [2.75, 3.05) is 0 Å². The number of carbonyl (C=O) groups excluding carboxylic acids is 2. The third-order valence-electron chi connectivity index (χ3n) is 1.97. The molecule has 3 heteroatoms. The Morgan fingerprint density at radius 1 is 1.64 bits per heavy atom. The van der Waals surface area contributed by atoms with E-state index in [9.17, 15) is 9.59 Å². The van der Waals surface area contributed by atoms with Gasteiger partial charge in [-0.05, 0) is 25.5 Å². The average Bonchev–Trinajstić information content (AvgIpc) is 2.65. The summed E-state index contributed by atoms with van der Waals surface area (Å²) in [5.74, 6) is -0.862. The van der Waals surface area contributed by atoms with Crippen molar-refractivity contribution in [3.05, 3.63) is 36.8 Å². The van der Waals surface area contributed by atoms with Crippen LogP contribution in [-0.4, -0.2) is 11.6 Å². The number of hydrogen-bond acceptors (Lipinski definition) is 3. The maximum Gasteiger partial charge on any atom is 0.208 e. The van der Waals surface area contributed by atoms with Gasteiger partial charge < -0.3 is 4.42 Å². The maximum atomic E-state index is 11.7. The first-order valence-electron chi connectivity index (χ1n) is 4.36. The Morgan fingerprint density at radius 2 is 2.36 bits per heavy atom. The Kier molecular flexibility index (Phi) is 3.40. The summed E-state index contributed by atoms with van der Waals surface area (Å²) in [5.41, 5.74) is 0. The Morgan fingerprint density at radius 3 is 2.79 bits per heavy atom. The van der Waals surface area contributed by atoms with Gasteiger partial charge >= 0.3 is 0 Å². The van der Waals surface area contributed by atoms with Gasteiger partial charge in [0.2, 0.25) is 5.78 Å². The molecule has 1 heterocycles. The Hall–Kier alpha value is -1.64. The molecule has 0 aromatic carbocycles. The molecule has 74 valence electrons. The van der Waals surface area contributed by atoms with Crippen LogP contribution >= 0.6 is 0 Å². The van der Waals surface area contributed by atoms with E-state index in [1.54, 1.807) is 18.2 Å². The predicted octanol–water partition coefficient (Wildman–Crippen LogP) is 2.24. The highest BCUT2D eigenvalue weighted by Crippen LogP contribution is 2.14. The first-order chi connectivity index (χ1) is 6.66. The van der Waals surface area contributed by atoms with E-state index in [4.69, 9.17) is 4.42 Å². The lowest BCUT2D eigenvalue weighted by molar-refractivity contribution is -0.119. The van der Waals surface area contributed by atoms with Gasteiger partial charge in [-0.3, -0.25) is 9.59 Å². The second-order valence-corrected chi connectivity index (χ2v) is 3.03. The van der Waals surface area contributed by atoms with E-state index in [0.717, 1.165) is 0 Å². The van der Waals surface area contributed by atoms with Crippen molar-refractivity contribution in [3.8, 4) is 0 Å².